The topological polar surface area (TPSA) is 93.7 Å². The van der Waals surface area contributed by atoms with Crippen molar-refractivity contribution in [3.8, 4) is 11.1 Å². The van der Waals surface area contributed by atoms with E-state index in [1.165, 1.54) is 29.6 Å². The van der Waals surface area contributed by atoms with Crippen LogP contribution in [0.5, 0.6) is 0 Å². The second-order valence-corrected chi connectivity index (χ2v) is 18.7. The Morgan fingerprint density at radius 1 is 0.931 bits per heavy atom. The minimum absolute atomic E-state index is 0.0224. The molecule has 304 valence electrons. The number of aromatic nitrogens is 2. The number of benzene rings is 4. The van der Waals surface area contributed by atoms with Gasteiger partial charge in [0.25, 0.3) is 10.0 Å². The molecule has 6 aromatic rings. The first-order chi connectivity index (χ1) is 27.8. The van der Waals surface area contributed by atoms with Crippen LogP contribution < -0.4 is 14.9 Å². The molecule has 1 aliphatic rings. The fraction of sp³-hybridized carbons (Fsp3) is 0.286. The Kier molecular flexibility index (Phi) is 13.2. The molecule has 2 N–H and O–H groups in total. The van der Waals surface area contributed by atoms with E-state index in [0.29, 0.717) is 40.7 Å². The minimum atomic E-state index is -4.81. The molecule has 1 saturated heterocycles. The van der Waals surface area contributed by atoms with E-state index < -0.39 is 26.7 Å². The van der Waals surface area contributed by atoms with E-state index in [9.17, 15) is 21.6 Å². The molecule has 9 nitrogen and oxygen atoms in total. The summed E-state index contributed by atoms with van der Waals surface area (Å²) < 4.78 is 74.4. The minimum Gasteiger partial charge on any atom is -0.381 e. The van der Waals surface area contributed by atoms with Gasteiger partial charge in [-0.25, -0.2) is 18.4 Å². The molecular weight excluding hydrogens is 823 g/mol. The summed E-state index contributed by atoms with van der Waals surface area (Å²) in [7, 11) is -0.663. The predicted molar refractivity (Wildman–Crippen MR) is 232 cm³/mol. The number of hydrogen-bond donors (Lipinski definition) is 2. The molecule has 1 fully saturated rings. The predicted octanol–water partition coefficient (Wildman–Crippen LogP) is 9.68. The smallest absolute Gasteiger partial charge is 0.381 e. The fourth-order valence-corrected chi connectivity index (χ4v) is 9.96. The van der Waals surface area contributed by atoms with E-state index in [2.05, 4.69) is 48.0 Å². The number of piperazine rings is 1. The molecule has 1 atom stereocenters. The molecule has 16 heteroatoms. The van der Waals surface area contributed by atoms with Crippen LogP contribution in [0.3, 0.4) is 0 Å². The number of hydrogen-bond acceptors (Lipinski definition) is 10. The fourth-order valence-electron chi connectivity index (χ4n) is 6.89. The van der Waals surface area contributed by atoms with Gasteiger partial charge in [0.1, 0.15) is 6.33 Å². The lowest BCUT2D eigenvalue weighted by Gasteiger charge is -2.36. The normalized spacial score (nSPS) is 14.6. The van der Waals surface area contributed by atoms with Crippen molar-refractivity contribution < 1.29 is 21.6 Å². The summed E-state index contributed by atoms with van der Waals surface area (Å²) in [5.74, 6) is 0.512. The number of anilines is 3. The van der Waals surface area contributed by atoms with E-state index >= 15 is 0 Å². The number of rotatable bonds is 15. The summed E-state index contributed by atoms with van der Waals surface area (Å²) in [6, 6.07) is 28.4. The van der Waals surface area contributed by atoms with Crippen LogP contribution in [0.4, 0.5) is 30.4 Å². The van der Waals surface area contributed by atoms with Gasteiger partial charge < -0.3 is 15.1 Å². The van der Waals surface area contributed by atoms with Crippen molar-refractivity contribution in [1.82, 2.24) is 19.8 Å². The van der Waals surface area contributed by atoms with Crippen molar-refractivity contribution in [1.29, 1.82) is 0 Å². The van der Waals surface area contributed by atoms with Crippen molar-refractivity contribution in [2.24, 2.45) is 0 Å². The van der Waals surface area contributed by atoms with Crippen molar-refractivity contribution >= 4 is 72.8 Å². The monoisotopic (exact) mass is 865 g/mol. The highest BCUT2D eigenvalue weighted by Gasteiger charge is 2.36. The Morgan fingerprint density at radius 3 is 2.43 bits per heavy atom. The molecular formula is C42H43ClF3N7O2S3. The molecule has 0 aliphatic carbocycles. The molecule has 2 aromatic heterocycles. The first-order valence-corrected chi connectivity index (χ1v) is 22.4. The zero-order valence-corrected chi connectivity index (χ0v) is 35.1. The number of alkyl halides is 3. The van der Waals surface area contributed by atoms with E-state index in [-0.39, 0.29) is 17.5 Å². The summed E-state index contributed by atoms with van der Waals surface area (Å²) in [5.41, 5.74) is 3.73. The van der Waals surface area contributed by atoms with Crippen molar-refractivity contribution in [3.05, 3.63) is 125 Å². The van der Waals surface area contributed by atoms with Gasteiger partial charge in [0.2, 0.25) is 0 Å². The highest BCUT2D eigenvalue weighted by Crippen LogP contribution is 2.38. The maximum Gasteiger partial charge on any atom is 0.418 e. The quantitative estimate of drug-likeness (QED) is 0.0980. The van der Waals surface area contributed by atoms with E-state index in [1.807, 2.05) is 79.0 Å². The first kappa shape index (κ1) is 41.8. The Morgan fingerprint density at radius 2 is 1.71 bits per heavy atom. The van der Waals surface area contributed by atoms with Crippen LogP contribution in [0.25, 0.3) is 22.0 Å². The largest absolute Gasteiger partial charge is 0.418 e. The van der Waals surface area contributed by atoms with Crippen LogP contribution >= 0.6 is 34.7 Å². The van der Waals surface area contributed by atoms with Gasteiger partial charge in [-0.3, -0.25) is 9.62 Å². The summed E-state index contributed by atoms with van der Waals surface area (Å²) in [5, 5.41) is 6.15. The van der Waals surface area contributed by atoms with E-state index in [4.69, 9.17) is 11.6 Å². The lowest BCUT2D eigenvalue weighted by atomic mass is 9.99. The van der Waals surface area contributed by atoms with Crippen LogP contribution in [-0.2, 0) is 22.7 Å². The number of nitrogens with zero attached hydrogens (tertiary/aromatic N) is 5. The van der Waals surface area contributed by atoms with Crippen molar-refractivity contribution in [3.63, 3.8) is 0 Å². The third kappa shape index (κ3) is 10.4. The Labute approximate surface area is 350 Å². The van der Waals surface area contributed by atoms with Gasteiger partial charge in [-0.15, -0.1) is 23.1 Å². The highest BCUT2D eigenvalue weighted by atomic mass is 35.5. The molecule has 4 aromatic carbocycles. The molecule has 7 rings (SSSR count). The molecule has 0 unspecified atom stereocenters. The number of fused-ring (bicyclic) bond motifs is 1. The van der Waals surface area contributed by atoms with Crippen molar-refractivity contribution in [2.75, 3.05) is 67.5 Å². The third-order valence-corrected chi connectivity index (χ3v) is 13.9. The first-order valence-electron chi connectivity index (χ1n) is 18.7. The maximum atomic E-state index is 14.5. The average Bonchev–Trinajstić information content (AvgIpc) is 3.73. The number of nitrogens with one attached hydrogen (secondary N) is 2. The molecule has 1 aliphatic heterocycles. The lowest BCUT2D eigenvalue weighted by Crippen LogP contribution is -2.46. The molecule has 3 heterocycles. The summed E-state index contributed by atoms with van der Waals surface area (Å²) >= 11 is 9.27. The second-order valence-electron chi connectivity index (χ2n) is 14.3. The van der Waals surface area contributed by atoms with Crippen LogP contribution in [0, 0.1) is 0 Å². The van der Waals surface area contributed by atoms with Gasteiger partial charge in [0.05, 0.1) is 20.2 Å². The Bertz CT molecular complexity index is 2430. The third-order valence-electron chi connectivity index (χ3n) is 9.97. The molecule has 0 saturated carbocycles. The Balaban J connectivity index is 1.04. The number of thioether (sulfide) groups is 1. The highest BCUT2D eigenvalue weighted by molar-refractivity contribution is 8.01. The maximum absolute atomic E-state index is 14.5. The summed E-state index contributed by atoms with van der Waals surface area (Å²) in [4.78, 5) is 14.7. The molecule has 0 amide bonds. The summed E-state index contributed by atoms with van der Waals surface area (Å²) in [6.07, 6.45) is -2.98. The van der Waals surface area contributed by atoms with Crippen LogP contribution in [0.2, 0.25) is 5.02 Å². The van der Waals surface area contributed by atoms with Crippen LogP contribution in [0.15, 0.2) is 118 Å². The Hall–Kier alpha value is -4.38. The molecule has 0 spiro atoms. The van der Waals surface area contributed by atoms with E-state index in [1.54, 1.807) is 29.2 Å². The van der Waals surface area contributed by atoms with Gasteiger partial charge in [0, 0.05) is 66.3 Å². The van der Waals surface area contributed by atoms with Gasteiger partial charge in [-0.05, 0) is 104 Å². The zero-order valence-electron chi connectivity index (χ0n) is 31.9. The number of thiophene rings is 1. The molecule has 0 bridgehead atoms. The second kappa shape index (κ2) is 18.3. The average molecular weight is 867 g/mol. The zero-order chi connectivity index (χ0) is 40.9. The SMILES string of the molecule is CN(C)CC[C@H](CSc1cccs1)Nc1ccc(S(=O)(=O)Nc2ncnc3cc(N4CCN(Cc5ccccc5-c5ccc(Cl)cc5)CC4)ccc23)cc1C(F)(F)F. The van der Waals surface area contributed by atoms with Gasteiger partial charge in [-0.2, -0.15) is 13.2 Å². The van der Waals surface area contributed by atoms with Gasteiger partial charge in [0.15, 0.2) is 5.82 Å². The standard InChI is InChI=1S/C42H43ClF3N7O2S3/c1-51(2)18-17-32(27-57-40-8-5-23-56-40)49-38-16-14-34(25-37(38)42(44,45)46)58(54,55)50-41-36-15-13-33(24-39(36)47-28-48-41)53-21-19-52(20-22-53)26-30-6-3-4-7-35(30)29-9-11-31(43)12-10-29/h3-16,23-25,28,32,49H,17-22,26-27H2,1-2H3,(H,47,48,50)/t32-/m1/s1. The van der Waals surface area contributed by atoms with Crippen LogP contribution in [-0.4, -0.2) is 86.8 Å². The van der Waals surface area contributed by atoms with Gasteiger partial charge >= 0.3 is 6.18 Å². The number of sulfonamides is 1. The molecule has 58 heavy (non-hydrogen) atoms. The summed E-state index contributed by atoms with van der Waals surface area (Å²) in [6.45, 7) is 4.68. The van der Waals surface area contributed by atoms with E-state index in [0.717, 1.165) is 48.2 Å². The number of halogens is 4. The molecule has 0 radical (unpaired) electrons. The lowest BCUT2D eigenvalue weighted by molar-refractivity contribution is -0.137. The van der Waals surface area contributed by atoms with Crippen LogP contribution in [0.1, 0.15) is 17.5 Å². The van der Waals surface area contributed by atoms with Crippen molar-refractivity contribution in [2.45, 2.75) is 34.3 Å². The van der Waals surface area contributed by atoms with Gasteiger partial charge in [-0.1, -0.05) is 54.1 Å².